The fourth-order valence-corrected chi connectivity index (χ4v) is 9.43. The van der Waals surface area contributed by atoms with Gasteiger partial charge in [-0.25, -0.2) is 0 Å². The average molecular weight is 1150 g/mol. The van der Waals surface area contributed by atoms with Gasteiger partial charge in [0, 0.05) is 19.3 Å². The van der Waals surface area contributed by atoms with E-state index in [0.29, 0.717) is 19.3 Å². The maximum absolute atomic E-state index is 13.0. The fourth-order valence-electron chi connectivity index (χ4n) is 9.43. The van der Waals surface area contributed by atoms with Crippen LogP contribution in [0.4, 0.5) is 0 Å². The Morgan fingerprint density at radius 3 is 0.735 bits per heavy atom. The number of hydrogen-bond acceptors (Lipinski definition) is 6. The van der Waals surface area contributed by atoms with Gasteiger partial charge in [-0.15, -0.1) is 0 Å². The summed E-state index contributed by atoms with van der Waals surface area (Å²) in [5.74, 6) is -0.908. The monoisotopic (exact) mass is 1150 g/mol. The van der Waals surface area contributed by atoms with Crippen LogP contribution in [0.2, 0.25) is 0 Å². The van der Waals surface area contributed by atoms with Crippen LogP contribution in [0, 0.1) is 0 Å². The average Bonchev–Trinajstić information content (AvgIpc) is 3.50. The van der Waals surface area contributed by atoms with Crippen LogP contribution in [-0.4, -0.2) is 37.2 Å². The van der Waals surface area contributed by atoms with Crippen LogP contribution < -0.4 is 0 Å². The maximum atomic E-state index is 13.0. The molecule has 83 heavy (non-hydrogen) atoms. The molecule has 472 valence electrons. The van der Waals surface area contributed by atoms with E-state index in [-0.39, 0.29) is 31.1 Å². The molecule has 6 nitrogen and oxygen atoms in total. The van der Waals surface area contributed by atoms with E-state index in [2.05, 4.69) is 154 Å². The van der Waals surface area contributed by atoms with Gasteiger partial charge in [0.15, 0.2) is 6.10 Å². The fraction of sp³-hybridized carbons (Fsp3) is 0.675. The number of ether oxygens (including phenoxy) is 3. The van der Waals surface area contributed by atoms with Crippen molar-refractivity contribution in [2.45, 2.75) is 322 Å². The number of esters is 3. The lowest BCUT2D eigenvalue weighted by molar-refractivity contribution is -0.167. The van der Waals surface area contributed by atoms with Crippen LogP contribution in [0.1, 0.15) is 316 Å². The second-order valence-corrected chi connectivity index (χ2v) is 22.7. The van der Waals surface area contributed by atoms with E-state index >= 15 is 0 Å². The summed E-state index contributed by atoms with van der Waals surface area (Å²) in [7, 11) is 0. The van der Waals surface area contributed by atoms with E-state index in [1.807, 2.05) is 0 Å². The first-order valence-electron chi connectivity index (χ1n) is 34.7. The highest BCUT2D eigenvalue weighted by molar-refractivity contribution is 5.71. The van der Waals surface area contributed by atoms with Crippen LogP contribution in [0.5, 0.6) is 0 Å². The molecule has 0 N–H and O–H groups in total. The summed E-state index contributed by atoms with van der Waals surface area (Å²) in [6.07, 6.45) is 98.8. The summed E-state index contributed by atoms with van der Waals surface area (Å²) >= 11 is 0. The number of rotatable bonds is 62. The Bertz CT molecular complexity index is 1750. The first-order chi connectivity index (χ1) is 41.0. The molecular weight excluding hydrogens is 1020 g/mol. The molecule has 1 atom stereocenters. The van der Waals surface area contributed by atoms with Gasteiger partial charge in [0.05, 0.1) is 0 Å². The van der Waals surface area contributed by atoms with Gasteiger partial charge >= 0.3 is 17.9 Å². The van der Waals surface area contributed by atoms with E-state index in [1.165, 1.54) is 141 Å². The molecule has 6 heteroatoms. The van der Waals surface area contributed by atoms with Crippen LogP contribution in [0.15, 0.2) is 134 Å². The Morgan fingerprint density at radius 2 is 0.470 bits per heavy atom. The Kier molecular flexibility index (Phi) is 66.3. The van der Waals surface area contributed by atoms with Gasteiger partial charge in [0.25, 0.3) is 0 Å². The van der Waals surface area contributed by atoms with Crippen molar-refractivity contribution in [2.24, 2.45) is 0 Å². The summed E-state index contributed by atoms with van der Waals surface area (Å²) in [6.45, 7) is 6.48. The van der Waals surface area contributed by atoms with Crippen molar-refractivity contribution < 1.29 is 28.6 Å². The third-order valence-electron chi connectivity index (χ3n) is 14.6. The third kappa shape index (κ3) is 68.2. The Labute approximate surface area is 513 Å². The van der Waals surface area contributed by atoms with Crippen molar-refractivity contribution in [2.75, 3.05) is 13.2 Å². The highest BCUT2D eigenvalue weighted by Gasteiger charge is 2.19. The van der Waals surface area contributed by atoms with Crippen LogP contribution in [0.3, 0.4) is 0 Å². The Morgan fingerprint density at radius 1 is 0.253 bits per heavy atom. The molecule has 0 bridgehead atoms. The van der Waals surface area contributed by atoms with E-state index in [4.69, 9.17) is 14.2 Å². The molecule has 0 aliphatic carbocycles. The lowest BCUT2D eigenvalue weighted by Gasteiger charge is -2.18. The molecule has 0 saturated carbocycles. The minimum atomic E-state index is -0.797. The van der Waals surface area contributed by atoms with Crippen molar-refractivity contribution in [3.8, 4) is 0 Å². The molecule has 0 aromatic rings. The number of unbranched alkanes of at least 4 members (excludes halogenated alkanes) is 29. The second kappa shape index (κ2) is 70.0. The van der Waals surface area contributed by atoms with Crippen molar-refractivity contribution >= 4 is 17.9 Å². The SMILES string of the molecule is CC/C=C\C/C=C\C/C=C\C/C=C\C/C=C\C/C=C\CCCCCCCCCCC(=O)OCC(COC(=O)CCCCCCCCCCC/C=C\C/C=C\CCCCC)OC(=O)CCCCCCCC/C=C\C/C=C\C/C=C\CCCCC. The molecule has 0 aromatic carbocycles. The molecule has 0 aliphatic rings. The van der Waals surface area contributed by atoms with Crippen molar-refractivity contribution in [3.05, 3.63) is 134 Å². The highest BCUT2D eigenvalue weighted by Crippen LogP contribution is 2.16. The molecule has 1 unspecified atom stereocenters. The highest BCUT2D eigenvalue weighted by atomic mass is 16.6. The molecular formula is C77H128O6. The molecule has 0 aromatic heterocycles. The predicted octanol–water partition coefficient (Wildman–Crippen LogP) is 24.1. The molecule has 0 radical (unpaired) electrons. The molecule has 0 fully saturated rings. The van der Waals surface area contributed by atoms with Crippen LogP contribution >= 0.6 is 0 Å². The zero-order valence-electron chi connectivity index (χ0n) is 54.2. The van der Waals surface area contributed by atoms with Gasteiger partial charge in [-0.05, 0) is 141 Å². The van der Waals surface area contributed by atoms with Gasteiger partial charge < -0.3 is 14.2 Å². The summed E-state index contributed by atoms with van der Waals surface area (Å²) in [4.78, 5) is 38.5. The molecule has 0 rings (SSSR count). The zero-order valence-corrected chi connectivity index (χ0v) is 54.2. The van der Waals surface area contributed by atoms with Gasteiger partial charge in [0.2, 0.25) is 0 Å². The summed E-state index contributed by atoms with van der Waals surface area (Å²) in [6, 6.07) is 0. The minimum Gasteiger partial charge on any atom is -0.462 e. The summed E-state index contributed by atoms with van der Waals surface area (Å²) in [5.41, 5.74) is 0. The van der Waals surface area contributed by atoms with Crippen molar-refractivity contribution in [1.29, 1.82) is 0 Å². The number of carbonyl (C=O) groups excluding carboxylic acids is 3. The predicted molar refractivity (Wildman–Crippen MR) is 362 cm³/mol. The molecule has 0 aliphatic heterocycles. The third-order valence-corrected chi connectivity index (χ3v) is 14.6. The number of carbonyl (C=O) groups is 3. The molecule has 0 heterocycles. The van der Waals surface area contributed by atoms with E-state index in [1.54, 1.807) is 0 Å². The summed E-state index contributed by atoms with van der Waals surface area (Å²) < 4.78 is 17.0. The standard InChI is InChI=1S/C77H128O6/c1-4-7-10-13-16-19-22-25-28-31-34-35-36-37-38-39-40-41-44-46-49-52-55-58-61-64-67-70-76(79)82-73-74(83-77(80)71-68-65-62-59-56-53-50-47-43-33-30-27-24-21-18-15-12-9-6-3)72-81-75(78)69-66-63-60-57-54-51-48-45-42-32-29-26-23-20-17-14-11-8-5-2/h7,10,16-21,25-30,34-35,37-38,40-41,43,47,74H,4-6,8-9,11-15,22-24,31-33,36,39,42,44-46,48-73H2,1-3H3/b10-7-,19-16-,20-17-,21-18-,28-25-,29-26-,30-27-,35-34-,38-37-,41-40-,47-43-. The molecule has 0 spiro atoms. The number of hydrogen-bond donors (Lipinski definition) is 0. The van der Waals surface area contributed by atoms with E-state index < -0.39 is 6.10 Å². The van der Waals surface area contributed by atoms with Gasteiger partial charge in [-0.1, -0.05) is 289 Å². The summed E-state index contributed by atoms with van der Waals surface area (Å²) in [5, 5.41) is 0. The van der Waals surface area contributed by atoms with Crippen LogP contribution in [0.25, 0.3) is 0 Å². The van der Waals surface area contributed by atoms with E-state index in [0.717, 1.165) is 135 Å². The van der Waals surface area contributed by atoms with E-state index in [9.17, 15) is 14.4 Å². The first kappa shape index (κ1) is 78.5. The Hall–Kier alpha value is -4.45. The van der Waals surface area contributed by atoms with Gasteiger partial charge in [-0.2, -0.15) is 0 Å². The molecule has 0 amide bonds. The zero-order chi connectivity index (χ0) is 59.9. The lowest BCUT2D eigenvalue weighted by Crippen LogP contribution is -2.30. The Balaban J connectivity index is 4.42. The second-order valence-electron chi connectivity index (χ2n) is 22.7. The van der Waals surface area contributed by atoms with Crippen molar-refractivity contribution in [1.82, 2.24) is 0 Å². The number of allylic oxidation sites excluding steroid dienone is 22. The smallest absolute Gasteiger partial charge is 0.306 e. The maximum Gasteiger partial charge on any atom is 0.306 e. The minimum absolute atomic E-state index is 0.0908. The first-order valence-corrected chi connectivity index (χ1v) is 34.7. The normalized spacial score (nSPS) is 13.0. The van der Waals surface area contributed by atoms with Gasteiger partial charge in [-0.3, -0.25) is 14.4 Å². The topological polar surface area (TPSA) is 78.9 Å². The van der Waals surface area contributed by atoms with Crippen LogP contribution in [-0.2, 0) is 28.6 Å². The quantitative estimate of drug-likeness (QED) is 0.0261. The largest absolute Gasteiger partial charge is 0.462 e. The van der Waals surface area contributed by atoms with Crippen molar-refractivity contribution in [3.63, 3.8) is 0 Å². The molecule has 0 saturated heterocycles. The van der Waals surface area contributed by atoms with Gasteiger partial charge in [0.1, 0.15) is 13.2 Å². The lowest BCUT2D eigenvalue weighted by atomic mass is 10.1.